The van der Waals surface area contributed by atoms with E-state index in [0.717, 1.165) is 12.8 Å². The molecule has 0 N–H and O–H groups in total. The third kappa shape index (κ3) is 10.1. The van der Waals surface area contributed by atoms with E-state index >= 15 is 0 Å². The SMILES string of the molecule is CCCCCCCC(=O)CSC(C)C. The highest BCUT2D eigenvalue weighted by molar-refractivity contribution is 8.00. The second kappa shape index (κ2) is 9.57. The van der Waals surface area contributed by atoms with Crippen molar-refractivity contribution in [3.63, 3.8) is 0 Å². The molecule has 0 aliphatic carbocycles. The maximum absolute atomic E-state index is 11.4. The predicted molar refractivity (Wildman–Crippen MR) is 66.0 cm³/mol. The Balaban J connectivity index is 3.18. The van der Waals surface area contributed by atoms with Crippen LogP contribution in [-0.2, 0) is 4.79 Å². The Labute approximate surface area is 93.0 Å². The lowest BCUT2D eigenvalue weighted by Gasteiger charge is -2.03. The zero-order chi connectivity index (χ0) is 10.8. The van der Waals surface area contributed by atoms with Crippen molar-refractivity contribution in [2.24, 2.45) is 0 Å². The van der Waals surface area contributed by atoms with Gasteiger partial charge in [-0.2, -0.15) is 11.8 Å². The monoisotopic (exact) mass is 216 g/mol. The van der Waals surface area contributed by atoms with Crippen LogP contribution in [0, 0.1) is 0 Å². The standard InChI is InChI=1S/C12H24OS/c1-4-5-6-7-8-9-12(13)10-14-11(2)3/h11H,4-10H2,1-3H3. The number of Topliss-reactive ketones (excluding diaryl/α,β-unsaturated/α-hetero) is 1. The summed E-state index contributed by atoms with van der Waals surface area (Å²) in [7, 11) is 0. The van der Waals surface area contributed by atoms with Crippen molar-refractivity contribution < 1.29 is 4.79 Å². The maximum Gasteiger partial charge on any atom is 0.142 e. The summed E-state index contributed by atoms with van der Waals surface area (Å²) in [4.78, 5) is 11.4. The first-order chi connectivity index (χ1) is 6.66. The lowest BCUT2D eigenvalue weighted by Crippen LogP contribution is -2.03. The maximum atomic E-state index is 11.4. The van der Waals surface area contributed by atoms with E-state index in [-0.39, 0.29) is 0 Å². The number of unbranched alkanes of at least 4 members (excludes halogenated alkanes) is 4. The van der Waals surface area contributed by atoms with Gasteiger partial charge in [-0.05, 0) is 11.7 Å². The first-order valence-electron chi connectivity index (χ1n) is 5.80. The van der Waals surface area contributed by atoms with Gasteiger partial charge in [0, 0.05) is 6.42 Å². The van der Waals surface area contributed by atoms with Crippen molar-refractivity contribution in [2.75, 3.05) is 5.75 Å². The molecule has 0 saturated heterocycles. The summed E-state index contributed by atoms with van der Waals surface area (Å²) in [6.45, 7) is 6.49. The van der Waals surface area contributed by atoms with Crippen molar-refractivity contribution in [1.29, 1.82) is 0 Å². The van der Waals surface area contributed by atoms with Crippen LogP contribution in [0.25, 0.3) is 0 Å². The molecule has 0 aliphatic rings. The molecule has 0 amide bonds. The summed E-state index contributed by atoms with van der Waals surface area (Å²) < 4.78 is 0. The molecule has 0 unspecified atom stereocenters. The van der Waals surface area contributed by atoms with Gasteiger partial charge in [0.15, 0.2) is 0 Å². The quantitative estimate of drug-likeness (QED) is 0.541. The highest BCUT2D eigenvalue weighted by Crippen LogP contribution is 2.11. The van der Waals surface area contributed by atoms with E-state index in [1.165, 1.54) is 25.7 Å². The second-order valence-electron chi connectivity index (χ2n) is 4.06. The van der Waals surface area contributed by atoms with Crippen LogP contribution in [0.5, 0.6) is 0 Å². The van der Waals surface area contributed by atoms with Gasteiger partial charge in [0.05, 0.1) is 5.75 Å². The summed E-state index contributed by atoms with van der Waals surface area (Å²) >= 11 is 1.76. The van der Waals surface area contributed by atoms with Crippen molar-refractivity contribution >= 4 is 17.5 Å². The number of rotatable bonds is 9. The van der Waals surface area contributed by atoms with Gasteiger partial charge in [0.1, 0.15) is 5.78 Å². The summed E-state index contributed by atoms with van der Waals surface area (Å²) in [6.07, 6.45) is 7.00. The van der Waals surface area contributed by atoms with E-state index in [9.17, 15) is 4.79 Å². The highest BCUT2D eigenvalue weighted by Gasteiger charge is 2.03. The molecule has 0 aromatic rings. The Morgan fingerprint density at radius 1 is 1.14 bits per heavy atom. The summed E-state index contributed by atoms with van der Waals surface area (Å²) in [5, 5.41) is 0.582. The smallest absolute Gasteiger partial charge is 0.142 e. The van der Waals surface area contributed by atoms with Gasteiger partial charge in [-0.25, -0.2) is 0 Å². The van der Waals surface area contributed by atoms with Crippen molar-refractivity contribution in [1.82, 2.24) is 0 Å². The van der Waals surface area contributed by atoms with Crippen LogP contribution in [0.1, 0.15) is 59.3 Å². The number of ketones is 1. The summed E-state index contributed by atoms with van der Waals surface area (Å²) in [5.74, 6) is 1.14. The molecular formula is C12H24OS. The molecule has 14 heavy (non-hydrogen) atoms. The van der Waals surface area contributed by atoms with Gasteiger partial charge in [0.25, 0.3) is 0 Å². The number of carbonyl (C=O) groups excluding carboxylic acids is 1. The number of carbonyl (C=O) groups is 1. The van der Waals surface area contributed by atoms with Crippen LogP contribution in [0.15, 0.2) is 0 Å². The van der Waals surface area contributed by atoms with Crippen molar-refractivity contribution in [2.45, 2.75) is 64.5 Å². The van der Waals surface area contributed by atoms with Gasteiger partial charge >= 0.3 is 0 Å². The predicted octanol–water partition coefficient (Wildman–Crippen LogP) is 4.06. The average molecular weight is 216 g/mol. The molecule has 0 bridgehead atoms. The zero-order valence-electron chi connectivity index (χ0n) is 9.84. The van der Waals surface area contributed by atoms with Crippen LogP contribution in [-0.4, -0.2) is 16.8 Å². The lowest BCUT2D eigenvalue weighted by atomic mass is 10.1. The van der Waals surface area contributed by atoms with E-state index in [1.54, 1.807) is 11.8 Å². The first-order valence-corrected chi connectivity index (χ1v) is 6.85. The Morgan fingerprint density at radius 2 is 1.79 bits per heavy atom. The topological polar surface area (TPSA) is 17.1 Å². The second-order valence-corrected chi connectivity index (χ2v) is 5.63. The summed E-state index contributed by atoms with van der Waals surface area (Å²) in [5.41, 5.74) is 0. The molecule has 0 spiro atoms. The van der Waals surface area contributed by atoms with E-state index in [1.807, 2.05) is 0 Å². The molecule has 0 aromatic carbocycles. The molecule has 84 valence electrons. The minimum atomic E-state index is 0.431. The third-order valence-electron chi connectivity index (χ3n) is 2.14. The van der Waals surface area contributed by atoms with Crippen LogP contribution in [0.4, 0.5) is 0 Å². The number of thioether (sulfide) groups is 1. The minimum absolute atomic E-state index is 0.431. The first kappa shape index (κ1) is 14.0. The molecule has 2 heteroatoms. The van der Waals surface area contributed by atoms with Gasteiger partial charge in [-0.15, -0.1) is 0 Å². The largest absolute Gasteiger partial charge is 0.299 e. The van der Waals surface area contributed by atoms with Crippen LogP contribution < -0.4 is 0 Å². The molecule has 0 aromatic heterocycles. The minimum Gasteiger partial charge on any atom is -0.299 e. The molecule has 0 fully saturated rings. The van der Waals surface area contributed by atoms with Gasteiger partial charge in [0.2, 0.25) is 0 Å². The van der Waals surface area contributed by atoms with Crippen LogP contribution in [0.2, 0.25) is 0 Å². The average Bonchev–Trinajstić information content (AvgIpc) is 2.14. The van der Waals surface area contributed by atoms with E-state index < -0.39 is 0 Å². The zero-order valence-corrected chi connectivity index (χ0v) is 10.7. The normalized spacial score (nSPS) is 10.9. The van der Waals surface area contributed by atoms with E-state index in [4.69, 9.17) is 0 Å². The highest BCUT2D eigenvalue weighted by atomic mass is 32.2. The fourth-order valence-electron chi connectivity index (χ4n) is 1.26. The number of hydrogen-bond acceptors (Lipinski definition) is 2. The molecule has 0 aliphatic heterocycles. The number of hydrogen-bond donors (Lipinski definition) is 0. The molecule has 0 radical (unpaired) electrons. The van der Waals surface area contributed by atoms with E-state index in [0.29, 0.717) is 16.8 Å². The van der Waals surface area contributed by atoms with E-state index in [2.05, 4.69) is 20.8 Å². The van der Waals surface area contributed by atoms with Gasteiger partial charge in [-0.1, -0.05) is 46.5 Å². The van der Waals surface area contributed by atoms with Gasteiger partial charge < -0.3 is 0 Å². The van der Waals surface area contributed by atoms with Crippen LogP contribution >= 0.6 is 11.8 Å². The third-order valence-corrected chi connectivity index (χ3v) is 3.29. The Hall–Kier alpha value is 0.0200. The van der Waals surface area contributed by atoms with Crippen molar-refractivity contribution in [3.05, 3.63) is 0 Å². The lowest BCUT2D eigenvalue weighted by molar-refractivity contribution is -0.116. The molecule has 0 atom stereocenters. The van der Waals surface area contributed by atoms with Crippen LogP contribution in [0.3, 0.4) is 0 Å². The Kier molecular flexibility index (Phi) is 9.58. The Morgan fingerprint density at radius 3 is 2.36 bits per heavy atom. The fraction of sp³-hybridized carbons (Fsp3) is 0.917. The van der Waals surface area contributed by atoms with Crippen molar-refractivity contribution in [3.8, 4) is 0 Å². The Bertz CT molecular complexity index is 143. The molecule has 0 rings (SSSR count). The molecular weight excluding hydrogens is 192 g/mol. The fourth-order valence-corrected chi connectivity index (χ4v) is 1.92. The molecule has 0 heterocycles. The molecule has 0 saturated carbocycles. The molecule has 1 nitrogen and oxygen atoms in total. The van der Waals surface area contributed by atoms with Gasteiger partial charge in [-0.3, -0.25) is 4.79 Å². The summed E-state index contributed by atoms with van der Waals surface area (Å²) in [6, 6.07) is 0.